The van der Waals surface area contributed by atoms with Gasteiger partial charge in [-0.3, -0.25) is 4.40 Å². The number of hydrogen-bond donors (Lipinski definition) is 1. The molecular formula is C23H19N5. The Morgan fingerprint density at radius 2 is 1.57 bits per heavy atom. The lowest BCUT2D eigenvalue weighted by molar-refractivity contribution is 0.590. The minimum Gasteiger partial charge on any atom is -0.384 e. The molecule has 0 aliphatic heterocycles. The summed E-state index contributed by atoms with van der Waals surface area (Å²) >= 11 is 0. The highest BCUT2D eigenvalue weighted by Crippen LogP contribution is 2.36. The van der Waals surface area contributed by atoms with Gasteiger partial charge in [-0.2, -0.15) is 10.5 Å². The second kappa shape index (κ2) is 6.11. The van der Waals surface area contributed by atoms with E-state index in [2.05, 4.69) is 37.9 Å². The number of pyridine rings is 1. The topological polar surface area (TPSA) is 90.9 Å². The van der Waals surface area contributed by atoms with E-state index in [1.807, 2.05) is 48.5 Å². The highest BCUT2D eigenvalue weighted by Gasteiger charge is 2.23. The van der Waals surface area contributed by atoms with E-state index in [-0.39, 0.29) is 11.0 Å². The number of nitrogens with two attached hydrogens (primary N) is 1. The van der Waals surface area contributed by atoms with Crippen LogP contribution < -0.4 is 5.73 Å². The Balaban J connectivity index is 2.10. The van der Waals surface area contributed by atoms with Gasteiger partial charge in [0.15, 0.2) is 5.65 Å². The number of benzene rings is 2. The van der Waals surface area contributed by atoms with E-state index < -0.39 is 0 Å². The van der Waals surface area contributed by atoms with Gasteiger partial charge in [-0.25, -0.2) is 4.98 Å². The maximum atomic E-state index is 9.94. The summed E-state index contributed by atoms with van der Waals surface area (Å²) in [7, 11) is 0. The maximum absolute atomic E-state index is 9.94. The summed E-state index contributed by atoms with van der Waals surface area (Å²) in [6.45, 7) is 6.43. The van der Waals surface area contributed by atoms with Gasteiger partial charge in [-0.1, -0.05) is 57.2 Å². The standard InChI is InChI=1S/C23H19N5/c1-23(2,3)15-10-8-14(9-11-15)20-16(12-24)21(26)28-19-7-5-4-6-18(19)27-22(28)17(20)13-25/h4-11H,26H2,1-3H3. The summed E-state index contributed by atoms with van der Waals surface area (Å²) in [6.07, 6.45) is 0. The molecule has 0 unspecified atom stereocenters. The predicted molar refractivity (Wildman–Crippen MR) is 111 cm³/mol. The van der Waals surface area contributed by atoms with Gasteiger partial charge in [0.05, 0.1) is 11.0 Å². The number of nitrogen functional groups attached to an aromatic ring is 1. The van der Waals surface area contributed by atoms with Crippen molar-refractivity contribution in [3.63, 3.8) is 0 Å². The van der Waals surface area contributed by atoms with Crippen LogP contribution >= 0.6 is 0 Å². The summed E-state index contributed by atoms with van der Waals surface area (Å²) in [6, 6.07) is 19.9. The van der Waals surface area contributed by atoms with Crippen molar-refractivity contribution in [2.45, 2.75) is 26.2 Å². The number of anilines is 1. The van der Waals surface area contributed by atoms with Crippen LogP contribution in [0.5, 0.6) is 0 Å². The molecule has 2 aromatic carbocycles. The van der Waals surface area contributed by atoms with E-state index in [1.54, 1.807) is 4.40 Å². The third kappa shape index (κ3) is 2.49. The largest absolute Gasteiger partial charge is 0.384 e. The van der Waals surface area contributed by atoms with E-state index in [9.17, 15) is 10.5 Å². The fraction of sp³-hybridized carbons (Fsp3) is 0.174. The normalized spacial score (nSPS) is 11.5. The second-order valence-electron chi connectivity index (χ2n) is 7.82. The first-order valence-electron chi connectivity index (χ1n) is 9.00. The summed E-state index contributed by atoms with van der Waals surface area (Å²) in [5.41, 5.74) is 11.5. The van der Waals surface area contributed by atoms with Crippen molar-refractivity contribution >= 4 is 22.5 Å². The number of para-hydroxylation sites is 2. The molecule has 2 heterocycles. The Labute approximate surface area is 163 Å². The molecular weight excluding hydrogens is 346 g/mol. The molecule has 0 aliphatic rings. The molecule has 0 spiro atoms. The van der Waals surface area contributed by atoms with E-state index in [4.69, 9.17) is 5.73 Å². The molecule has 0 saturated carbocycles. The summed E-state index contributed by atoms with van der Waals surface area (Å²) in [5, 5.41) is 19.8. The smallest absolute Gasteiger partial charge is 0.158 e. The first-order chi connectivity index (χ1) is 13.4. The van der Waals surface area contributed by atoms with Gasteiger partial charge in [0.1, 0.15) is 29.1 Å². The molecule has 0 atom stereocenters. The van der Waals surface area contributed by atoms with Gasteiger partial charge in [0, 0.05) is 5.56 Å². The Kier molecular flexibility index (Phi) is 3.84. The predicted octanol–water partition coefficient (Wildman–Crippen LogP) is 4.78. The average Bonchev–Trinajstić information content (AvgIpc) is 3.07. The van der Waals surface area contributed by atoms with Gasteiger partial charge in [0.25, 0.3) is 0 Å². The molecule has 0 bridgehead atoms. The summed E-state index contributed by atoms with van der Waals surface area (Å²) < 4.78 is 1.69. The van der Waals surface area contributed by atoms with Crippen LogP contribution in [-0.4, -0.2) is 9.38 Å². The van der Waals surface area contributed by atoms with Crippen molar-refractivity contribution in [2.75, 3.05) is 5.73 Å². The zero-order chi connectivity index (χ0) is 20.1. The van der Waals surface area contributed by atoms with Gasteiger partial charge < -0.3 is 5.73 Å². The van der Waals surface area contributed by atoms with Crippen molar-refractivity contribution in [3.8, 4) is 23.3 Å². The zero-order valence-corrected chi connectivity index (χ0v) is 16.0. The Bertz CT molecular complexity index is 1310. The maximum Gasteiger partial charge on any atom is 0.158 e. The molecule has 5 heteroatoms. The van der Waals surface area contributed by atoms with Crippen LogP contribution in [0.2, 0.25) is 0 Å². The average molecular weight is 365 g/mol. The van der Waals surface area contributed by atoms with E-state index in [0.29, 0.717) is 22.6 Å². The number of fused-ring (bicyclic) bond motifs is 3. The van der Waals surface area contributed by atoms with Gasteiger partial charge >= 0.3 is 0 Å². The molecule has 4 rings (SSSR count). The van der Waals surface area contributed by atoms with Crippen molar-refractivity contribution in [3.05, 3.63) is 65.2 Å². The Morgan fingerprint density at radius 1 is 0.929 bits per heavy atom. The first-order valence-corrected chi connectivity index (χ1v) is 9.00. The number of imidazole rings is 1. The number of nitriles is 2. The molecule has 2 aromatic heterocycles. The highest BCUT2D eigenvalue weighted by atomic mass is 15.1. The van der Waals surface area contributed by atoms with Crippen LogP contribution in [-0.2, 0) is 5.41 Å². The van der Waals surface area contributed by atoms with Crippen molar-refractivity contribution in [2.24, 2.45) is 0 Å². The number of hydrogen-bond acceptors (Lipinski definition) is 4. The number of rotatable bonds is 1. The fourth-order valence-corrected chi connectivity index (χ4v) is 3.56. The van der Waals surface area contributed by atoms with Gasteiger partial charge in [0.2, 0.25) is 0 Å². The molecule has 28 heavy (non-hydrogen) atoms. The van der Waals surface area contributed by atoms with E-state index >= 15 is 0 Å². The summed E-state index contributed by atoms with van der Waals surface area (Å²) in [5.74, 6) is 0.292. The van der Waals surface area contributed by atoms with Crippen LogP contribution in [0.3, 0.4) is 0 Å². The fourth-order valence-electron chi connectivity index (χ4n) is 3.56. The molecule has 4 aromatic rings. The lowest BCUT2D eigenvalue weighted by atomic mass is 9.85. The van der Waals surface area contributed by atoms with Crippen LogP contribution in [0.25, 0.3) is 27.8 Å². The van der Waals surface area contributed by atoms with Crippen molar-refractivity contribution in [1.29, 1.82) is 10.5 Å². The zero-order valence-electron chi connectivity index (χ0n) is 16.0. The SMILES string of the molecule is CC(C)(C)c1ccc(-c2c(C#N)c(N)n3c(nc4ccccc43)c2C#N)cc1. The quantitative estimate of drug-likeness (QED) is 0.525. The van der Waals surface area contributed by atoms with E-state index in [1.165, 1.54) is 5.56 Å². The molecule has 2 N–H and O–H groups in total. The van der Waals surface area contributed by atoms with E-state index in [0.717, 1.165) is 16.6 Å². The first kappa shape index (κ1) is 17.6. The number of nitrogens with zero attached hydrogens (tertiary/aromatic N) is 4. The molecule has 0 aliphatic carbocycles. The molecule has 136 valence electrons. The Hall–Kier alpha value is -3.83. The molecule has 0 saturated heterocycles. The summed E-state index contributed by atoms with van der Waals surface area (Å²) in [4.78, 5) is 4.62. The molecule has 0 radical (unpaired) electrons. The van der Waals surface area contributed by atoms with Crippen LogP contribution in [0.1, 0.15) is 37.5 Å². The highest BCUT2D eigenvalue weighted by molar-refractivity contribution is 5.92. The minimum atomic E-state index is 0.0123. The third-order valence-electron chi connectivity index (χ3n) is 5.04. The van der Waals surface area contributed by atoms with Crippen molar-refractivity contribution in [1.82, 2.24) is 9.38 Å². The van der Waals surface area contributed by atoms with Crippen LogP contribution in [0, 0.1) is 22.7 Å². The van der Waals surface area contributed by atoms with Crippen molar-refractivity contribution < 1.29 is 0 Å². The lowest BCUT2D eigenvalue weighted by Crippen LogP contribution is -2.10. The third-order valence-corrected chi connectivity index (χ3v) is 5.04. The number of aromatic nitrogens is 2. The second-order valence-corrected chi connectivity index (χ2v) is 7.82. The lowest BCUT2D eigenvalue weighted by Gasteiger charge is -2.19. The monoisotopic (exact) mass is 365 g/mol. The molecule has 5 nitrogen and oxygen atoms in total. The van der Waals surface area contributed by atoms with Crippen LogP contribution in [0.15, 0.2) is 48.5 Å². The van der Waals surface area contributed by atoms with Gasteiger partial charge in [-0.15, -0.1) is 0 Å². The molecule has 0 fully saturated rings. The molecule has 0 amide bonds. The van der Waals surface area contributed by atoms with Gasteiger partial charge in [-0.05, 0) is 28.7 Å². The Morgan fingerprint density at radius 3 is 2.18 bits per heavy atom. The minimum absolute atomic E-state index is 0.0123. The van der Waals surface area contributed by atoms with Crippen LogP contribution in [0.4, 0.5) is 5.82 Å².